The Labute approximate surface area is 119 Å². The average molecular weight is 299 g/mol. The molecule has 1 aromatic carbocycles. The molecule has 0 spiro atoms. The molecule has 1 amide bonds. The van der Waals surface area contributed by atoms with Crippen molar-refractivity contribution in [2.24, 2.45) is 5.73 Å². The van der Waals surface area contributed by atoms with E-state index in [4.69, 9.17) is 5.73 Å². The van der Waals surface area contributed by atoms with Gasteiger partial charge in [0.1, 0.15) is 6.04 Å². The molecule has 0 heterocycles. The first-order valence-corrected chi connectivity index (χ1v) is 8.05. The van der Waals surface area contributed by atoms with Gasteiger partial charge >= 0.3 is 0 Å². The Hall–Kier alpha value is -1.44. The van der Waals surface area contributed by atoms with Crippen molar-refractivity contribution in [3.63, 3.8) is 0 Å². The molecular weight excluding hydrogens is 278 g/mol. The third-order valence-corrected chi connectivity index (χ3v) is 4.10. The smallest absolute Gasteiger partial charge is 0.241 e. The van der Waals surface area contributed by atoms with Crippen LogP contribution in [0, 0.1) is 0 Å². The van der Waals surface area contributed by atoms with Crippen LogP contribution in [-0.2, 0) is 14.8 Å². The maximum absolute atomic E-state index is 11.8. The van der Waals surface area contributed by atoms with Crippen molar-refractivity contribution >= 4 is 15.9 Å². The van der Waals surface area contributed by atoms with Crippen molar-refractivity contribution < 1.29 is 13.2 Å². The van der Waals surface area contributed by atoms with Gasteiger partial charge in [-0.25, -0.2) is 13.1 Å². The molecule has 0 bridgehead atoms. The second-order valence-electron chi connectivity index (χ2n) is 4.77. The highest BCUT2D eigenvalue weighted by molar-refractivity contribution is 7.89. The van der Waals surface area contributed by atoms with Crippen LogP contribution >= 0.6 is 0 Å². The maximum atomic E-state index is 11.8. The Morgan fingerprint density at radius 2 is 1.85 bits per heavy atom. The third kappa shape index (κ3) is 5.68. The Bertz CT molecular complexity index is 529. The molecular formula is C13H21N3O3S. The number of nitrogens with two attached hydrogens (primary N) is 1. The van der Waals surface area contributed by atoms with Crippen LogP contribution in [0.1, 0.15) is 25.5 Å². The zero-order valence-corrected chi connectivity index (χ0v) is 12.5. The number of benzene rings is 1. The molecule has 0 saturated carbocycles. The fraction of sp³-hybridized carbons (Fsp3) is 0.462. The number of sulfonamides is 1. The fourth-order valence-corrected chi connectivity index (χ4v) is 2.86. The monoisotopic (exact) mass is 299 g/mol. The van der Waals surface area contributed by atoms with Crippen molar-refractivity contribution in [1.29, 1.82) is 0 Å². The van der Waals surface area contributed by atoms with Gasteiger partial charge < -0.3 is 11.1 Å². The quantitative estimate of drug-likeness (QED) is 0.666. The van der Waals surface area contributed by atoms with Crippen LogP contribution in [0.5, 0.6) is 0 Å². The highest BCUT2D eigenvalue weighted by Gasteiger charge is 2.17. The molecule has 0 aliphatic carbocycles. The van der Waals surface area contributed by atoms with E-state index in [1.165, 1.54) is 0 Å². The largest absolute Gasteiger partial charge is 0.353 e. The highest BCUT2D eigenvalue weighted by Crippen LogP contribution is 2.08. The molecule has 0 fully saturated rings. The summed E-state index contributed by atoms with van der Waals surface area (Å²) in [6.45, 7) is 3.50. The summed E-state index contributed by atoms with van der Waals surface area (Å²) in [4.78, 5) is 11.8. The van der Waals surface area contributed by atoms with Crippen LogP contribution in [0.15, 0.2) is 30.3 Å². The third-order valence-electron chi connectivity index (χ3n) is 2.53. The molecule has 6 nitrogen and oxygen atoms in total. The Morgan fingerprint density at radius 3 is 2.40 bits per heavy atom. The first kappa shape index (κ1) is 16.6. The molecule has 0 aromatic heterocycles. The van der Waals surface area contributed by atoms with Gasteiger partial charge in [-0.3, -0.25) is 4.79 Å². The molecule has 0 aliphatic heterocycles. The zero-order chi connectivity index (χ0) is 15.2. The molecule has 7 heteroatoms. The van der Waals surface area contributed by atoms with Crippen molar-refractivity contribution in [3.8, 4) is 0 Å². The second-order valence-corrected chi connectivity index (χ2v) is 6.64. The first-order valence-electron chi connectivity index (χ1n) is 6.40. The summed E-state index contributed by atoms with van der Waals surface area (Å²) in [5.41, 5.74) is 6.48. The molecule has 1 unspecified atom stereocenters. The van der Waals surface area contributed by atoms with Crippen molar-refractivity contribution in [1.82, 2.24) is 10.0 Å². The molecule has 1 aromatic rings. The fourth-order valence-electron chi connectivity index (χ4n) is 1.65. The average Bonchev–Trinajstić information content (AvgIpc) is 2.37. The van der Waals surface area contributed by atoms with Gasteiger partial charge in [-0.1, -0.05) is 30.3 Å². The predicted octanol–water partition coefficient (Wildman–Crippen LogP) is 0.130. The van der Waals surface area contributed by atoms with Crippen LogP contribution in [0.25, 0.3) is 0 Å². The number of amides is 1. The van der Waals surface area contributed by atoms with Gasteiger partial charge in [-0.2, -0.15) is 0 Å². The molecule has 1 rings (SSSR count). The predicted molar refractivity (Wildman–Crippen MR) is 78.4 cm³/mol. The summed E-state index contributed by atoms with van der Waals surface area (Å²) in [7, 11) is -3.37. The molecule has 0 saturated heterocycles. The minimum atomic E-state index is -3.37. The Kier molecular flexibility index (Phi) is 6.12. The van der Waals surface area contributed by atoms with Gasteiger partial charge in [0.15, 0.2) is 0 Å². The van der Waals surface area contributed by atoms with E-state index < -0.39 is 22.0 Å². The summed E-state index contributed by atoms with van der Waals surface area (Å²) < 4.78 is 25.6. The molecule has 20 heavy (non-hydrogen) atoms. The molecule has 112 valence electrons. The summed E-state index contributed by atoms with van der Waals surface area (Å²) in [5.74, 6) is -0.561. The Morgan fingerprint density at radius 1 is 1.25 bits per heavy atom. The lowest BCUT2D eigenvalue weighted by atomic mass is 10.1. The van der Waals surface area contributed by atoms with E-state index in [9.17, 15) is 13.2 Å². The van der Waals surface area contributed by atoms with Crippen LogP contribution in [0.2, 0.25) is 0 Å². The summed E-state index contributed by atoms with van der Waals surface area (Å²) in [6.07, 6.45) is 0. The number of nitrogens with one attached hydrogen (secondary N) is 2. The van der Waals surface area contributed by atoms with Crippen molar-refractivity contribution in [2.45, 2.75) is 25.9 Å². The number of hydrogen-bond acceptors (Lipinski definition) is 4. The first-order chi connectivity index (χ1) is 9.32. The van der Waals surface area contributed by atoms with Crippen molar-refractivity contribution in [3.05, 3.63) is 35.9 Å². The Balaban J connectivity index is 2.45. The second kappa shape index (κ2) is 7.37. The highest BCUT2D eigenvalue weighted by atomic mass is 32.2. The van der Waals surface area contributed by atoms with Gasteiger partial charge in [-0.15, -0.1) is 0 Å². The number of carbonyl (C=O) groups is 1. The van der Waals surface area contributed by atoms with Crippen LogP contribution < -0.4 is 15.8 Å². The number of hydrogen-bond donors (Lipinski definition) is 3. The molecule has 4 N–H and O–H groups in total. The van der Waals surface area contributed by atoms with E-state index >= 15 is 0 Å². The number of carbonyl (C=O) groups excluding carboxylic acids is 1. The van der Waals surface area contributed by atoms with Gasteiger partial charge in [0.2, 0.25) is 15.9 Å². The van der Waals surface area contributed by atoms with Crippen LogP contribution in [-0.4, -0.2) is 32.7 Å². The zero-order valence-electron chi connectivity index (χ0n) is 11.7. The van der Waals surface area contributed by atoms with E-state index in [2.05, 4.69) is 10.0 Å². The van der Waals surface area contributed by atoms with E-state index in [-0.39, 0.29) is 18.3 Å². The van der Waals surface area contributed by atoms with Gasteiger partial charge in [0.05, 0.1) is 5.75 Å². The summed E-state index contributed by atoms with van der Waals surface area (Å²) in [6, 6.07) is 7.96. The maximum Gasteiger partial charge on any atom is 0.241 e. The van der Waals surface area contributed by atoms with Gasteiger partial charge in [-0.05, 0) is 19.4 Å². The molecule has 1 atom stereocenters. The normalized spacial score (nSPS) is 13.2. The molecule has 0 radical (unpaired) electrons. The lowest BCUT2D eigenvalue weighted by Gasteiger charge is -2.13. The summed E-state index contributed by atoms with van der Waals surface area (Å²) >= 11 is 0. The topological polar surface area (TPSA) is 101 Å². The lowest BCUT2D eigenvalue weighted by Crippen LogP contribution is -2.40. The number of rotatable bonds is 7. The molecule has 0 aliphatic rings. The van der Waals surface area contributed by atoms with Crippen molar-refractivity contribution in [2.75, 3.05) is 12.3 Å². The van der Waals surface area contributed by atoms with E-state index in [1.807, 2.05) is 6.07 Å². The van der Waals surface area contributed by atoms with E-state index in [0.717, 1.165) is 0 Å². The van der Waals surface area contributed by atoms with Gasteiger partial charge in [0.25, 0.3) is 0 Å². The standard InChI is InChI=1S/C13H21N3O3S/c1-10(2)16-20(18,19)9-8-15-13(17)12(14)11-6-4-3-5-7-11/h3-7,10,12,16H,8-9,14H2,1-2H3,(H,15,17). The van der Waals surface area contributed by atoms with Crippen LogP contribution in [0.3, 0.4) is 0 Å². The lowest BCUT2D eigenvalue weighted by molar-refractivity contribution is -0.122. The summed E-state index contributed by atoms with van der Waals surface area (Å²) in [5, 5.41) is 2.53. The SMILES string of the molecule is CC(C)NS(=O)(=O)CCNC(=O)C(N)c1ccccc1. The van der Waals surface area contributed by atoms with Crippen LogP contribution in [0.4, 0.5) is 0 Å². The van der Waals surface area contributed by atoms with E-state index in [1.54, 1.807) is 38.1 Å². The van der Waals surface area contributed by atoms with Gasteiger partial charge in [0, 0.05) is 12.6 Å². The van der Waals surface area contributed by atoms with E-state index in [0.29, 0.717) is 5.56 Å². The minimum absolute atomic E-state index is 0.0292. The minimum Gasteiger partial charge on any atom is -0.353 e.